The molecule has 3 aromatic rings. The van der Waals surface area contributed by atoms with E-state index in [-0.39, 0.29) is 5.41 Å². The van der Waals surface area contributed by atoms with E-state index in [1.807, 2.05) is 30.3 Å². The molecule has 28 heavy (non-hydrogen) atoms. The number of ether oxygens (including phenoxy) is 1. The van der Waals surface area contributed by atoms with Crippen molar-refractivity contribution in [3.05, 3.63) is 83.2 Å². The van der Waals surface area contributed by atoms with Gasteiger partial charge in [-0.05, 0) is 28.2 Å². The lowest BCUT2D eigenvalue weighted by Crippen LogP contribution is -2.12. The third-order valence-corrected chi connectivity index (χ3v) is 4.47. The molecule has 0 amide bonds. The average molecular weight is 375 g/mol. The molecule has 0 N–H and O–H groups in total. The number of hydrogen-bond donors (Lipinski definition) is 0. The number of hydrogen-bond acceptors (Lipinski definition) is 4. The summed E-state index contributed by atoms with van der Waals surface area (Å²) in [7, 11) is 1.36. The second-order valence-electron chi connectivity index (χ2n) is 7.71. The van der Waals surface area contributed by atoms with E-state index in [0.29, 0.717) is 17.8 Å². The molecule has 5 heteroatoms. The van der Waals surface area contributed by atoms with Gasteiger partial charge in [0.25, 0.3) is 0 Å². The summed E-state index contributed by atoms with van der Waals surface area (Å²) in [5.74, 6) is -0.439. The van der Waals surface area contributed by atoms with Crippen molar-refractivity contribution in [3.8, 4) is 0 Å². The van der Waals surface area contributed by atoms with Crippen LogP contribution in [0.3, 0.4) is 0 Å². The van der Waals surface area contributed by atoms with Crippen LogP contribution >= 0.6 is 0 Å². The van der Waals surface area contributed by atoms with Crippen molar-refractivity contribution >= 4 is 17.6 Å². The van der Waals surface area contributed by atoms with Gasteiger partial charge in [-0.3, -0.25) is 0 Å². The Morgan fingerprint density at radius 2 is 1.86 bits per heavy atom. The van der Waals surface area contributed by atoms with Gasteiger partial charge in [0.2, 0.25) is 0 Å². The number of rotatable bonds is 5. The largest absolute Gasteiger partial charge is 0.465 e. The lowest BCUT2D eigenvalue weighted by Gasteiger charge is -2.19. The minimum Gasteiger partial charge on any atom is -0.465 e. The van der Waals surface area contributed by atoms with E-state index < -0.39 is 5.97 Å². The second kappa shape index (κ2) is 8.21. The summed E-state index contributed by atoms with van der Waals surface area (Å²) in [6.45, 7) is 7.15. The van der Waals surface area contributed by atoms with Crippen LogP contribution in [0, 0.1) is 0 Å². The van der Waals surface area contributed by atoms with Gasteiger partial charge < -0.3 is 4.74 Å². The molecule has 0 radical (unpaired) electrons. The van der Waals surface area contributed by atoms with Crippen molar-refractivity contribution in [2.75, 3.05) is 7.11 Å². The highest BCUT2D eigenvalue weighted by molar-refractivity contribution is 6.20. The quantitative estimate of drug-likeness (QED) is 0.492. The first-order valence-electron chi connectivity index (χ1n) is 9.22. The zero-order valence-electron chi connectivity index (χ0n) is 16.7. The number of carbonyl (C=O) groups excluding carboxylic acids is 1. The van der Waals surface area contributed by atoms with Crippen LogP contribution in [0.1, 0.15) is 43.2 Å². The van der Waals surface area contributed by atoms with Gasteiger partial charge in [-0.1, -0.05) is 80.6 Å². The molecule has 0 spiro atoms. The van der Waals surface area contributed by atoms with Crippen LogP contribution in [-0.4, -0.2) is 28.1 Å². The molecule has 0 atom stereocenters. The van der Waals surface area contributed by atoms with Crippen LogP contribution in [-0.2, 0) is 21.5 Å². The third kappa shape index (κ3) is 4.74. The molecule has 0 fully saturated rings. The minimum atomic E-state index is -0.439. The number of benzene rings is 2. The molecular weight excluding hydrogens is 350 g/mol. The molecule has 0 saturated carbocycles. The maximum absolute atomic E-state index is 12.3. The van der Waals surface area contributed by atoms with Crippen LogP contribution in [0.15, 0.2) is 60.8 Å². The zero-order chi connectivity index (χ0) is 20.1. The highest BCUT2D eigenvalue weighted by Gasteiger charge is 2.17. The molecule has 0 aliphatic carbocycles. The molecule has 144 valence electrons. The van der Waals surface area contributed by atoms with Crippen LogP contribution < -0.4 is 0 Å². The van der Waals surface area contributed by atoms with E-state index in [0.717, 1.165) is 11.1 Å². The van der Waals surface area contributed by atoms with Crippen molar-refractivity contribution in [3.63, 3.8) is 0 Å². The highest BCUT2D eigenvalue weighted by Crippen LogP contribution is 2.23. The van der Waals surface area contributed by atoms with Gasteiger partial charge in [0, 0.05) is 0 Å². The first-order chi connectivity index (χ1) is 13.4. The van der Waals surface area contributed by atoms with Crippen molar-refractivity contribution in [2.24, 2.45) is 0 Å². The van der Waals surface area contributed by atoms with Crippen LogP contribution in [0.2, 0.25) is 0 Å². The van der Waals surface area contributed by atoms with Crippen molar-refractivity contribution in [1.82, 2.24) is 15.0 Å². The molecular formula is C23H25N3O2. The Balaban J connectivity index is 1.87. The van der Waals surface area contributed by atoms with Crippen LogP contribution in [0.5, 0.6) is 0 Å². The first kappa shape index (κ1) is 19.5. The monoisotopic (exact) mass is 375 g/mol. The predicted molar refractivity (Wildman–Crippen MR) is 111 cm³/mol. The average Bonchev–Trinajstić information content (AvgIpc) is 3.14. The normalized spacial score (nSPS) is 12.1. The standard InChI is InChI=1S/C23H25N3O2/c1-23(2,3)19-12-8-11-18(13-19)15-26-16-21(24-25-26)20(22(27)28-4)14-17-9-6-5-7-10-17/h5-14,16H,15H2,1-4H3. The summed E-state index contributed by atoms with van der Waals surface area (Å²) in [4.78, 5) is 12.3. The molecule has 2 aromatic carbocycles. The molecule has 1 heterocycles. The summed E-state index contributed by atoms with van der Waals surface area (Å²) in [5.41, 5.74) is 4.25. The fraction of sp³-hybridized carbons (Fsp3) is 0.261. The molecule has 3 rings (SSSR count). The number of esters is 1. The van der Waals surface area contributed by atoms with Crippen molar-refractivity contribution < 1.29 is 9.53 Å². The van der Waals surface area contributed by atoms with Gasteiger partial charge in [-0.25, -0.2) is 9.48 Å². The van der Waals surface area contributed by atoms with Crippen LogP contribution in [0.25, 0.3) is 11.6 Å². The van der Waals surface area contributed by atoms with Gasteiger partial charge in [0.05, 0.1) is 25.4 Å². The van der Waals surface area contributed by atoms with Gasteiger partial charge in [-0.2, -0.15) is 0 Å². The van der Waals surface area contributed by atoms with E-state index in [2.05, 4.69) is 55.3 Å². The summed E-state index contributed by atoms with van der Waals surface area (Å²) in [6.07, 6.45) is 3.54. The fourth-order valence-electron chi connectivity index (χ4n) is 2.89. The lowest BCUT2D eigenvalue weighted by atomic mass is 9.86. The van der Waals surface area contributed by atoms with Gasteiger partial charge in [0.1, 0.15) is 5.69 Å². The molecule has 1 aromatic heterocycles. The van der Waals surface area contributed by atoms with Gasteiger partial charge in [-0.15, -0.1) is 5.10 Å². The maximum Gasteiger partial charge on any atom is 0.340 e. The van der Waals surface area contributed by atoms with Gasteiger partial charge in [0.15, 0.2) is 0 Å². The highest BCUT2D eigenvalue weighted by atomic mass is 16.5. The zero-order valence-corrected chi connectivity index (χ0v) is 16.7. The number of methoxy groups -OCH3 is 1. The third-order valence-electron chi connectivity index (χ3n) is 4.47. The minimum absolute atomic E-state index is 0.0833. The Bertz CT molecular complexity index is 982. The predicted octanol–water partition coefficient (Wildman–Crippen LogP) is 4.34. The fourth-order valence-corrected chi connectivity index (χ4v) is 2.89. The second-order valence-corrected chi connectivity index (χ2v) is 7.71. The molecule has 0 saturated heterocycles. The number of carbonyl (C=O) groups is 1. The Kier molecular flexibility index (Phi) is 5.73. The first-order valence-corrected chi connectivity index (χ1v) is 9.22. The topological polar surface area (TPSA) is 57.0 Å². The van der Waals surface area contributed by atoms with E-state index in [9.17, 15) is 4.79 Å². The van der Waals surface area contributed by atoms with Crippen molar-refractivity contribution in [1.29, 1.82) is 0 Å². The molecule has 5 nitrogen and oxygen atoms in total. The maximum atomic E-state index is 12.3. The Hall–Kier alpha value is -3.21. The smallest absolute Gasteiger partial charge is 0.340 e. The molecule has 0 aliphatic rings. The number of aromatic nitrogens is 3. The Morgan fingerprint density at radius 1 is 1.11 bits per heavy atom. The molecule has 0 aliphatic heterocycles. The van der Waals surface area contributed by atoms with Crippen molar-refractivity contribution in [2.45, 2.75) is 32.7 Å². The van der Waals surface area contributed by atoms with E-state index >= 15 is 0 Å². The Labute approximate surface area is 165 Å². The summed E-state index contributed by atoms with van der Waals surface area (Å²) in [6, 6.07) is 18.0. The summed E-state index contributed by atoms with van der Waals surface area (Å²) in [5, 5.41) is 8.39. The molecule has 0 unspecified atom stereocenters. The summed E-state index contributed by atoms with van der Waals surface area (Å²) < 4.78 is 6.67. The lowest BCUT2D eigenvalue weighted by molar-refractivity contribution is -0.133. The summed E-state index contributed by atoms with van der Waals surface area (Å²) >= 11 is 0. The van der Waals surface area contributed by atoms with Crippen LogP contribution in [0.4, 0.5) is 0 Å². The van der Waals surface area contributed by atoms with E-state index in [1.54, 1.807) is 17.0 Å². The molecule has 0 bridgehead atoms. The van der Waals surface area contributed by atoms with Gasteiger partial charge >= 0.3 is 5.97 Å². The SMILES string of the molecule is COC(=O)C(=Cc1ccccc1)c1cn(Cc2cccc(C(C)(C)C)c2)nn1. The van der Waals surface area contributed by atoms with E-state index in [1.165, 1.54) is 12.7 Å². The Morgan fingerprint density at radius 3 is 2.54 bits per heavy atom. The number of nitrogens with zero attached hydrogens (tertiary/aromatic N) is 3. The van der Waals surface area contributed by atoms with E-state index in [4.69, 9.17) is 4.74 Å².